The van der Waals surface area contributed by atoms with Gasteiger partial charge < -0.3 is 10.6 Å². The first-order chi connectivity index (χ1) is 11.2. The van der Waals surface area contributed by atoms with E-state index in [0.29, 0.717) is 30.8 Å². The Morgan fingerprint density at radius 2 is 1.96 bits per heavy atom. The maximum atomic E-state index is 12.1. The molecule has 122 valence electrons. The van der Waals surface area contributed by atoms with Gasteiger partial charge in [0, 0.05) is 25.1 Å². The van der Waals surface area contributed by atoms with Crippen molar-refractivity contribution in [3.63, 3.8) is 0 Å². The maximum Gasteiger partial charge on any atom is 0.286 e. The largest absolute Gasteiger partial charge is 0.356 e. The molecule has 0 aliphatic carbocycles. The molecule has 1 aromatic carbocycles. The summed E-state index contributed by atoms with van der Waals surface area (Å²) in [5.41, 5.74) is 0.724. The number of anilines is 1. The van der Waals surface area contributed by atoms with Crippen LogP contribution >= 0.6 is 11.3 Å². The van der Waals surface area contributed by atoms with Crippen LogP contribution in [0.3, 0.4) is 0 Å². The predicted molar refractivity (Wildman–Crippen MR) is 90.5 cm³/mol. The molecule has 0 bridgehead atoms. The molecule has 23 heavy (non-hydrogen) atoms. The molecule has 2 aromatic rings. The number of nitrogens with zero attached hydrogens (tertiary/aromatic N) is 2. The Balaban J connectivity index is 1.79. The molecule has 2 amide bonds. The summed E-state index contributed by atoms with van der Waals surface area (Å²) in [6.07, 6.45) is 2.74. The topological polar surface area (TPSA) is 84.0 Å². The zero-order chi connectivity index (χ0) is 16.5. The number of amides is 2. The van der Waals surface area contributed by atoms with E-state index in [1.807, 2.05) is 37.3 Å². The van der Waals surface area contributed by atoms with Crippen molar-refractivity contribution < 1.29 is 9.59 Å². The van der Waals surface area contributed by atoms with Crippen LogP contribution in [0.1, 0.15) is 41.0 Å². The smallest absolute Gasteiger partial charge is 0.286 e. The van der Waals surface area contributed by atoms with Crippen molar-refractivity contribution in [1.29, 1.82) is 0 Å². The molecule has 0 aliphatic heterocycles. The summed E-state index contributed by atoms with van der Waals surface area (Å²) in [5.74, 6) is -0.209. The lowest BCUT2D eigenvalue weighted by Crippen LogP contribution is -2.23. The van der Waals surface area contributed by atoms with Crippen LogP contribution < -0.4 is 10.6 Å². The SMILES string of the molecule is CCCNC(=O)CCCc1nnc(C(=O)Nc2ccccc2)s1. The van der Waals surface area contributed by atoms with Gasteiger partial charge in [-0.1, -0.05) is 36.5 Å². The summed E-state index contributed by atoms with van der Waals surface area (Å²) in [6.45, 7) is 2.73. The van der Waals surface area contributed by atoms with E-state index in [4.69, 9.17) is 0 Å². The highest BCUT2D eigenvalue weighted by Crippen LogP contribution is 2.15. The molecule has 0 unspecified atom stereocenters. The van der Waals surface area contributed by atoms with Crippen molar-refractivity contribution in [3.8, 4) is 0 Å². The molecule has 0 saturated heterocycles. The van der Waals surface area contributed by atoms with Gasteiger partial charge in [0.1, 0.15) is 5.01 Å². The monoisotopic (exact) mass is 332 g/mol. The molecule has 6 nitrogen and oxygen atoms in total. The van der Waals surface area contributed by atoms with E-state index < -0.39 is 0 Å². The van der Waals surface area contributed by atoms with Gasteiger partial charge in [0.05, 0.1) is 0 Å². The van der Waals surface area contributed by atoms with Crippen molar-refractivity contribution in [3.05, 3.63) is 40.3 Å². The van der Waals surface area contributed by atoms with Gasteiger partial charge in [-0.25, -0.2) is 0 Å². The van der Waals surface area contributed by atoms with Crippen LogP contribution in [0, 0.1) is 0 Å². The van der Waals surface area contributed by atoms with Gasteiger partial charge in [-0.05, 0) is 25.0 Å². The number of rotatable bonds is 8. The third kappa shape index (κ3) is 5.78. The summed E-state index contributed by atoms with van der Waals surface area (Å²) in [5, 5.41) is 14.6. The normalized spacial score (nSPS) is 10.3. The molecule has 0 radical (unpaired) electrons. The minimum Gasteiger partial charge on any atom is -0.356 e. The lowest BCUT2D eigenvalue weighted by Gasteiger charge is -2.01. The van der Waals surface area contributed by atoms with Crippen molar-refractivity contribution in [2.75, 3.05) is 11.9 Å². The van der Waals surface area contributed by atoms with E-state index in [2.05, 4.69) is 20.8 Å². The summed E-state index contributed by atoms with van der Waals surface area (Å²) in [4.78, 5) is 23.6. The Bertz CT molecular complexity index is 643. The highest BCUT2D eigenvalue weighted by atomic mass is 32.1. The minimum atomic E-state index is -0.263. The molecule has 7 heteroatoms. The fraction of sp³-hybridized carbons (Fsp3) is 0.375. The zero-order valence-corrected chi connectivity index (χ0v) is 13.9. The molecule has 2 rings (SSSR count). The number of benzene rings is 1. The number of hydrogen-bond donors (Lipinski definition) is 2. The van der Waals surface area contributed by atoms with Gasteiger partial charge in [0.15, 0.2) is 0 Å². The molecule has 1 heterocycles. The number of para-hydroxylation sites is 1. The Hall–Kier alpha value is -2.28. The Morgan fingerprint density at radius 1 is 1.17 bits per heavy atom. The molecular formula is C16H20N4O2S. The Kier molecular flexibility index (Phi) is 6.68. The second kappa shape index (κ2) is 8.99. The molecule has 0 aliphatic rings. The van der Waals surface area contributed by atoms with Crippen LogP contribution in [0.5, 0.6) is 0 Å². The van der Waals surface area contributed by atoms with Crippen molar-refractivity contribution in [1.82, 2.24) is 15.5 Å². The van der Waals surface area contributed by atoms with Crippen LogP contribution in [0.2, 0.25) is 0 Å². The number of nitrogens with one attached hydrogen (secondary N) is 2. The summed E-state index contributed by atoms with van der Waals surface area (Å²) in [6, 6.07) is 9.22. The highest BCUT2D eigenvalue weighted by molar-refractivity contribution is 7.13. The molecular weight excluding hydrogens is 312 g/mol. The van der Waals surface area contributed by atoms with E-state index in [1.54, 1.807) is 0 Å². The fourth-order valence-electron chi connectivity index (χ4n) is 1.91. The van der Waals surface area contributed by atoms with Crippen molar-refractivity contribution >= 4 is 28.8 Å². The van der Waals surface area contributed by atoms with Crippen LogP contribution in [0.4, 0.5) is 5.69 Å². The molecule has 2 N–H and O–H groups in total. The summed E-state index contributed by atoms with van der Waals surface area (Å²) < 4.78 is 0. The summed E-state index contributed by atoms with van der Waals surface area (Å²) >= 11 is 1.26. The standard InChI is InChI=1S/C16H20N4O2S/c1-2-11-17-13(21)9-6-10-14-19-20-16(23-14)15(22)18-12-7-4-3-5-8-12/h3-5,7-8H,2,6,9-11H2,1H3,(H,17,21)(H,18,22). The Morgan fingerprint density at radius 3 is 2.70 bits per heavy atom. The molecule has 0 atom stereocenters. The van der Waals surface area contributed by atoms with Gasteiger partial charge in [0.2, 0.25) is 10.9 Å². The van der Waals surface area contributed by atoms with Gasteiger partial charge in [0.25, 0.3) is 5.91 Å². The lowest BCUT2D eigenvalue weighted by atomic mass is 10.2. The predicted octanol–water partition coefficient (Wildman–Crippen LogP) is 2.64. The fourth-order valence-corrected chi connectivity index (χ4v) is 2.68. The summed E-state index contributed by atoms with van der Waals surface area (Å²) in [7, 11) is 0. The molecule has 1 aromatic heterocycles. The maximum absolute atomic E-state index is 12.1. The number of carbonyl (C=O) groups excluding carboxylic acids is 2. The van der Waals surface area contributed by atoms with Crippen LogP contribution in [0.15, 0.2) is 30.3 Å². The highest BCUT2D eigenvalue weighted by Gasteiger charge is 2.13. The second-order valence-electron chi connectivity index (χ2n) is 5.02. The quantitative estimate of drug-likeness (QED) is 0.778. The molecule has 0 saturated carbocycles. The van der Waals surface area contributed by atoms with Crippen molar-refractivity contribution in [2.45, 2.75) is 32.6 Å². The van der Waals surface area contributed by atoms with Gasteiger partial charge in [-0.15, -0.1) is 10.2 Å². The van der Waals surface area contributed by atoms with E-state index in [9.17, 15) is 9.59 Å². The molecule has 0 fully saturated rings. The lowest BCUT2D eigenvalue weighted by molar-refractivity contribution is -0.121. The Labute approximate surface area is 139 Å². The van der Waals surface area contributed by atoms with E-state index >= 15 is 0 Å². The van der Waals surface area contributed by atoms with Gasteiger partial charge in [-0.3, -0.25) is 9.59 Å². The first-order valence-corrected chi connectivity index (χ1v) is 8.46. The first kappa shape index (κ1) is 17.1. The average Bonchev–Trinajstić information content (AvgIpc) is 3.03. The van der Waals surface area contributed by atoms with Crippen LogP contribution in [-0.2, 0) is 11.2 Å². The number of aromatic nitrogens is 2. The van der Waals surface area contributed by atoms with Gasteiger partial charge in [-0.2, -0.15) is 0 Å². The van der Waals surface area contributed by atoms with Crippen LogP contribution in [-0.4, -0.2) is 28.6 Å². The molecule has 0 spiro atoms. The van der Waals surface area contributed by atoms with E-state index in [0.717, 1.165) is 17.1 Å². The van der Waals surface area contributed by atoms with E-state index in [-0.39, 0.29) is 11.8 Å². The average molecular weight is 332 g/mol. The first-order valence-electron chi connectivity index (χ1n) is 7.64. The second-order valence-corrected chi connectivity index (χ2v) is 6.09. The number of carbonyl (C=O) groups is 2. The van der Waals surface area contributed by atoms with Crippen LogP contribution in [0.25, 0.3) is 0 Å². The third-order valence-electron chi connectivity index (χ3n) is 3.06. The van der Waals surface area contributed by atoms with Crippen molar-refractivity contribution in [2.24, 2.45) is 0 Å². The number of aryl methyl sites for hydroxylation is 1. The minimum absolute atomic E-state index is 0.0541. The van der Waals surface area contributed by atoms with E-state index in [1.165, 1.54) is 11.3 Å². The number of hydrogen-bond acceptors (Lipinski definition) is 5. The third-order valence-corrected chi connectivity index (χ3v) is 4.04. The zero-order valence-electron chi connectivity index (χ0n) is 13.0. The van der Waals surface area contributed by atoms with Gasteiger partial charge >= 0.3 is 0 Å².